The largest absolute Gasteiger partial charge is 0.377 e. The molecule has 0 saturated heterocycles. The van der Waals surface area contributed by atoms with Crippen molar-refractivity contribution in [1.29, 1.82) is 0 Å². The van der Waals surface area contributed by atoms with Gasteiger partial charge in [0.2, 0.25) is 5.89 Å². The van der Waals surface area contributed by atoms with Crippen LogP contribution in [0.2, 0.25) is 0 Å². The van der Waals surface area contributed by atoms with Gasteiger partial charge < -0.3 is 14.6 Å². The number of ether oxygens (including phenoxy) is 1. The minimum Gasteiger partial charge on any atom is -0.377 e. The van der Waals surface area contributed by atoms with E-state index in [0.717, 1.165) is 32.2 Å². The Hall–Kier alpha value is -0.940. The lowest BCUT2D eigenvalue weighted by atomic mass is 10.1. The molecule has 1 atom stereocenters. The molecule has 0 amide bonds. The Morgan fingerprint density at radius 3 is 2.82 bits per heavy atom. The molecular weight excluding hydrogens is 218 g/mol. The Morgan fingerprint density at radius 1 is 1.35 bits per heavy atom. The van der Waals surface area contributed by atoms with E-state index in [0.29, 0.717) is 24.4 Å². The van der Waals surface area contributed by atoms with Crippen molar-refractivity contribution >= 4 is 0 Å². The molecule has 1 aromatic rings. The van der Waals surface area contributed by atoms with Gasteiger partial charge in [-0.3, -0.25) is 0 Å². The van der Waals surface area contributed by atoms with Crippen LogP contribution in [0.4, 0.5) is 0 Å². The summed E-state index contributed by atoms with van der Waals surface area (Å²) in [5, 5.41) is 7.36. The Bertz CT molecular complexity index is 302. The molecule has 1 N–H and O–H groups in total. The zero-order chi connectivity index (χ0) is 12.5. The van der Waals surface area contributed by atoms with Gasteiger partial charge in [-0.15, -0.1) is 0 Å². The van der Waals surface area contributed by atoms with Crippen molar-refractivity contribution in [3.8, 4) is 0 Å². The third kappa shape index (κ3) is 5.28. The van der Waals surface area contributed by atoms with E-state index >= 15 is 0 Å². The topological polar surface area (TPSA) is 60.2 Å². The molecule has 0 aromatic carbocycles. The highest BCUT2D eigenvalue weighted by Gasteiger charge is 2.13. The molecule has 5 heteroatoms. The molecule has 17 heavy (non-hydrogen) atoms. The predicted octanol–water partition coefficient (Wildman–Crippen LogP) is 1.93. The second kappa shape index (κ2) is 8.20. The first kappa shape index (κ1) is 14.1. The zero-order valence-corrected chi connectivity index (χ0v) is 11.0. The van der Waals surface area contributed by atoms with Gasteiger partial charge in [-0.2, -0.15) is 4.98 Å². The summed E-state index contributed by atoms with van der Waals surface area (Å²) < 4.78 is 10.2. The lowest BCUT2D eigenvalue weighted by molar-refractivity contribution is 0.174. The monoisotopic (exact) mass is 241 g/mol. The predicted molar refractivity (Wildman–Crippen MR) is 65.7 cm³/mol. The number of nitrogens with zero attached hydrogens (tertiary/aromatic N) is 2. The molecule has 0 spiro atoms. The van der Waals surface area contributed by atoms with Crippen LogP contribution in [0.3, 0.4) is 0 Å². The SMILES string of the molecule is CCCNC(CCC)Cc1nc(COC)no1. The quantitative estimate of drug-likeness (QED) is 0.715. The van der Waals surface area contributed by atoms with Crippen molar-refractivity contribution in [2.24, 2.45) is 0 Å². The van der Waals surface area contributed by atoms with Crippen LogP contribution in [0, 0.1) is 0 Å². The molecule has 0 aliphatic rings. The molecule has 5 nitrogen and oxygen atoms in total. The number of hydrogen-bond acceptors (Lipinski definition) is 5. The maximum absolute atomic E-state index is 5.19. The molecule has 1 unspecified atom stereocenters. The van der Waals surface area contributed by atoms with Gasteiger partial charge in [0.25, 0.3) is 0 Å². The van der Waals surface area contributed by atoms with Crippen LogP contribution in [0.25, 0.3) is 0 Å². The van der Waals surface area contributed by atoms with E-state index in [1.165, 1.54) is 0 Å². The van der Waals surface area contributed by atoms with E-state index in [1.807, 2.05) is 0 Å². The lowest BCUT2D eigenvalue weighted by Crippen LogP contribution is -2.31. The van der Waals surface area contributed by atoms with Gasteiger partial charge in [-0.05, 0) is 19.4 Å². The number of nitrogens with one attached hydrogen (secondary N) is 1. The second-order valence-electron chi connectivity index (χ2n) is 4.18. The van der Waals surface area contributed by atoms with E-state index in [2.05, 4.69) is 29.3 Å². The summed E-state index contributed by atoms with van der Waals surface area (Å²) >= 11 is 0. The average Bonchev–Trinajstić information content (AvgIpc) is 2.74. The van der Waals surface area contributed by atoms with Crippen LogP contribution in [0.5, 0.6) is 0 Å². The first-order valence-electron chi connectivity index (χ1n) is 6.33. The molecule has 1 rings (SSSR count). The fourth-order valence-electron chi connectivity index (χ4n) is 1.74. The minimum absolute atomic E-state index is 0.407. The molecule has 1 aromatic heterocycles. The van der Waals surface area contributed by atoms with Crippen molar-refractivity contribution in [3.05, 3.63) is 11.7 Å². The third-order valence-corrected chi connectivity index (χ3v) is 2.52. The summed E-state index contributed by atoms with van der Waals surface area (Å²) in [6.45, 7) is 5.79. The highest BCUT2D eigenvalue weighted by atomic mass is 16.5. The zero-order valence-electron chi connectivity index (χ0n) is 11.0. The van der Waals surface area contributed by atoms with Crippen LogP contribution < -0.4 is 5.32 Å². The van der Waals surface area contributed by atoms with E-state index in [9.17, 15) is 0 Å². The highest BCUT2D eigenvalue weighted by molar-refractivity contribution is 4.88. The van der Waals surface area contributed by atoms with Gasteiger partial charge in [0.15, 0.2) is 5.82 Å². The summed E-state index contributed by atoms with van der Waals surface area (Å²) in [4.78, 5) is 4.29. The summed E-state index contributed by atoms with van der Waals surface area (Å²) in [6, 6.07) is 0.427. The van der Waals surface area contributed by atoms with Gasteiger partial charge in [-0.25, -0.2) is 0 Å². The lowest BCUT2D eigenvalue weighted by Gasteiger charge is -2.15. The summed E-state index contributed by atoms with van der Waals surface area (Å²) in [7, 11) is 1.62. The normalized spacial score (nSPS) is 12.9. The molecular formula is C12H23N3O2. The molecule has 0 aliphatic carbocycles. The Kier molecular flexibility index (Phi) is 6.81. The van der Waals surface area contributed by atoms with Gasteiger partial charge in [0.1, 0.15) is 6.61 Å². The first-order valence-corrected chi connectivity index (χ1v) is 6.33. The van der Waals surface area contributed by atoms with Crippen LogP contribution in [0.1, 0.15) is 44.8 Å². The van der Waals surface area contributed by atoms with Crippen LogP contribution in [-0.4, -0.2) is 29.8 Å². The number of rotatable bonds is 9. The molecule has 0 aliphatic heterocycles. The van der Waals surface area contributed by atoms with Crippen LogP contribution in [0.15, 0.2) is 4.52 Å². The minimum atomic E-state index is 0.407. The van der Waals surface area contributed by atoms with Crippen LogP contribution in [-0.2, 0) is 17.8 Å². The van der Waals surface area contributed by atoms with Gasteiger partial charge in [0, 0.05) is 19.6 Å². The fourth-order valence-corrected chi connectivity index (χ4v) is 1.74. The van der Waals surface area contributed by atoms with E-state index in [1.54, 1.807) is 7.11 Å². The smallest absolute Gasteiger partial charge is 0.228 e. The Morgan fingerprint density at radius 2 is 2.18 bits per heavy atom. The molecule has 0 radical (unpaired) electrons. The van der Waals surface area contributed by atoms with Crippen molar-refractivity contribution in [2.75, 3.05) is 13.7 Å². The first-order chi connectivity index (χ1) is 8.30. The van der Waals surface area contributed by atoms with Crippen molar-refractivity contribution < 1.29 is 9.26 Å². The van der Waals surface area contributed by atoms with Crippen LogP contribution >= 0.6 is 0 Å². The molecule has 0 saturated carbocycles. The van der Waals surface area contributed by atoms with Gasteiger partial charge in [0.05, 0.1) is 0 Å². The van der Waals surface area contributed by atoms with E-state index < -0.39 is 0 Å². The van der Waals surface area contributed by atoms with Gasteiger partial charge in [-0.1, -0.05) is 25.4 Å². The van der Waals surface area contributed by atoms with Gasteiger partial charge >= 0.3 is 0 Å². The van der Waals surface area contributed by atoms with E-state index in [4.69, 9.17) is 9.26 Å². The standard InChI is InChI=1S/C12H23N3O2/c1-4-6-10(13-7-5-2)8-12-14-11(9-16-3)15-17-12/h10,13H,4-9H2,1-3H3. The summed E-state index contributed by atoms with van der Waals surface area (Å²) in [5.74, 6) is 1.31. The van der Waals surface area contributed by atoms with E-state index in [-0.39, 0.29) is 0 Å². The Labute approximate surface area is 103 Å². The third-order valence-electron chi connectivity index (χ3n) is 2.52. The van der Waals surface area contributed by atoms with Crippen molar-refractivity contribution in [2.45, 2.75) is 52.2 Å². The fraction of sp³-hybridized carbons (Fsp3) is 0.833. The highest BCUT2D eigenvalue weighted by Crippen LogP contribution is 2.06. The maximum atomic E-state index is 5.19. The molecule has 0 bridgehead atoms. The van der Waals surface area contributed by atoms with Crippen molar-refractivity contribution in [1.82, 2.24) is 15.5 Å². The number of methoxy groups -OCH3 is 1. The molecule has 98 valence electrons. The molecule has 0 fully saturated rings. The molecule has 1 heterocycles. The van der Waals surface area contributed by atoms with Crippen molar-refractivity contribution in [3.63, 3.8) is 0 Å². The number of hydrogen-bond donors (Lipinski definition) is 1. The number of aromatic nitrogens is 2. The Balaban J connectivity index is 2.46. The summed E-state index contributed by atoms with van der Waals surface area (Å²) in [6.07, 6.45) is 4.21. The average molecular weight is 241 g/mol. The summed E-state index contributed by atoms with van der Waals surface area (Å²) in [5.41, 5.74) is 0. The second-order valence-corrected chi connectivity index (χ2v) is 4.18. The maximum Gasteiger partial charge on any atom is 0.228 e.